The van der Waals surface area contributed by atoms with Gasteiger partial charge in [-0.2, -0.15) is 0 Å². The molecule has 57 heavy (non-hydrogen) atoms. The molecule has 3 N–H and O–H groups in total. The normalized spacial score (nSPS) is 11.2. The lowest BCUT2D eigenvalue weighted by atomic mass is 9.97. The van der Waals surface area contributed by atoms with Crippen LogP contribution in [0.15, 0.2) is 102 Å². The van der Waals surface area contributed by atoms with Crippen LogP contribution in [0.5, 0.6) is 23.0 Å². The summed E-state index contributed by atoms with van der Waals surface area (Å²) in [6, 6.07) is 24.1. The third-order valence-corrected chi connectivity index (χ3v) is 8.40. The molecule has 296 valence electrons. The molecule has 0 unspecified atom stereocenters. The van der Waals surface area contributed by atoms with Crippen LogP contribution < -0.4 is 30.2 Å². The number of carbonyl (C=O) groups is 4. The van der Waals surface area contributed by atoms with Crippen LogP contribution in [0.3, 0.4) is 0 Å². The van der Waals surface area contributed by atoms with Crippen LogP contribution in [0.2, 0.25) is 0 Å². The van der Waals surface area contributed by atoms with Crippen LogP contribution in [-0.4, -0.2) is 51.9 Å². The number of nitrogens with one attached hydrogen (secondary N) is 1. The van der Waals surface area contributed by atoms with Gasteiger partial charge in [-0.15, -0.1) is 0 Å². The van der Waals surface area contributed by atoms with Crippen molar-refractivity contribution < 1.29 is 47.6 Å². The topological polar surface area (TPSA) is 162 Å². The van der Waals surface area contributed by atoms with Crippen LogP contribution in [-0.2, 0) is 31.9 Å². The number of methoxy groups -OCH3 is 3. The van der Waals surface area contributed by atoms with Gasteiger partial charge in [0.25, 0.3) is 0 Å². The summed E-state index contributed by atoms with van der Waals surface area (Å²) >= 11 is 0. The molecule has 4 aromatic rings. The van der Waals surface area contributed by atoms with Crippen LogP contribution in [0, 0.1) is 0 Å². The molecule has 0 aromatic heterocycles. The number of allylic oxidation sites excluding steroid dienone is 3. The van der Waals surface area contributed by atoms with Gasteiger partial charge in [-0.05, 0) is 79.6 Å². The van der Waals surface area contributed by atoms with Crippen molar-refractivity contribution in [1.82, 2.24) is 5.43 Å². The maximum absolute atomic E-state index is 13.4. The molecule has 1 amide bonds. The minimum Gasteiger partial charge on any atom is -0.496 e. The van der Waals surface area contributed by atoms with Crippen molar-refractivity contribution in [2.45, 2.75) is 33.6 Å². The van der Waals surface area contributed by atoms with Gasteiger partial charge in [0.15, 0.2) is 5.75 Å². The van der Waals surface area contributed by atoms with Crippen molar-refractivity contribution in [1.29, 1.82) is 0 Å². The first-order valence-electron chi connectivity index (χ1n) is 17.8. The van der Waals surface area contributed by atoms with Crippen molar-refractivity contribution in [3.63, 3.8) is 0 Å². The van der Waals surface area contributed by atoms with Crippen LogP contribution in [0.1, 0.15) is 64.5 Å². The van der Waals surface area contributed by atoms with Crippen molar-refractivity contribution in [2.75, 3.05) is 27.9 Å². The SMILES string of the molecule is COC(=O)c1c(C=Cc2ccccc2)cc(OC)c(CC=C(C)C)c1OC(=O)C(=O)OCC(C)=CCc1c(OC)cc(C=Cc2ccccc2)cc1OC(=O)NN. The fraction of sp³-hybridized carbons (Fsp3) is 0.200. The maximum Gasteiger partial charge on any atom is 0.426 e. The molecule has 12 nitrogen and oxygen atoms in total. The van der Waals surface area contributed by atoms with E-state index in [0.29, 0.717) is 39.3 Å². The zero-order valence-corrected chi connectivity index (χ0v) is 32.8. The van der Waals surface area contributed by atoms with Crippen molar-refractivity contribution >= 4 is 48.3 Å². The highest BCUT2D eigenvalue weighted by Gasteiger charge is 2.29. The Bertz CT molecular complexity index is 2180. The smallest absolute Gasteiger partial charge is 0.426 e. The van der Waals surface area contributed by atoms with E-state index < -0.39 is 24.0 Å². The average molecular weight is 775 g/mol. The standard InChI is InChI=1S/C45H46N2O10/c1-29(2)17-23-36-38(53-5)27-34(22-21-32-15-11-8-12-16-32)40(42(48)54-6)41(36)57-44(50)43(49)55-28-30(3)18-24-35-37(52-4)25-33(26-39(35)56-45(51)47-46)20-19-31-13-9-7-10-14-31/h7-22,25-27H,23-24,28,46H2,1-6H3,(H,47,51). The predicted molar refractivity (Wildman–Crippen MR) is 219 cm³/mol. The minimum atomic E-state index is -1.36. The first-order valence-corrected chi connectivity index (χ1v) is 17.8. The second kappa shape index (κ2) is 21.2. The molecule has 0 saturated carbocycles. The first-order chi connectivity index (χ1) is 27.5. The summed E-state index contributed by atoms with van der Waals surface area (Å²) < 4.78 is 32.9. The zero-order valence-electron chi connectivity index (χ0n) is 32.8. The summed E-state index contributed by atoms with van der Waals surface area (Å²) in [5.41, 5.74) is 7.10. The Hall–Kier alpha value is -6.92. The number of hydrogen-bond acceptors (Lipinski definition) is 11. The summed E-state index contributed by atoms with van der Waals surface area (Å²) in [5, 5.41) is 0. The molecule has 0 spiro atoms. The van der Waals surface area contributed by atoms with E-state index in [1.54, 1.807) is 43.4 Å². The van der Waals surface area contributed by atoms with Crippen molar-refractivity contribution in [2.24, 2.45) is 5.84 Å². The van der Waals surface area contributed by atoms with E-state index in [1.165, 1.54) is 21.3 Å². The van der Waals surface area contributed by atoms with E-state index in [0.717, 1.165) is 16.7 Å². The van der Waals surface area contributed by atoms with Gasteiger partial charge in [0.2, 0.25) is 0 Å². The number of ether oxygens (including phenoxy) is 6. The maximum atomic E-state index is 13.4. The van der Waals surface area contributed by atoms with Crippen LogP contribution >= 0.6 is 0 Å². The number of hydrogen-bond donors (Lipinski definition) is 2. The molecule has 0 fully saturated rings. The van der Waals surface area contributed by atoms with E-state index in [-0.39, 0.29) is 36.5 Å². The van der Waals surface area contributed by atoms with E-state index in [4.69, 9.17) is 34.3 Å². The average Bonchev–Trinajstić information content (AvgIpc) is 3.22. The van der Waals surface area contributed by atoms with E-state index in [1.807, 2.05) is 98.2 Å². The number of carbonyl (C=O) groups excluding carboxylic acids is 4. The quantitative estimate of drug-likeness (QED) is 0.0176. The molecule has 0 aliphatic heterocycles. The Morgan fingerprint density at radius 3 is 1.79 bits per heavy atom. The lowest BCUT2D eigenvalue weighted by Crippen LogP contribution is -2.33. The zero-order chi connectivity index (χ0) is 41.3. The van der Waals surface area contributed by atoms with Gasteiger partial charge in [-0.1, -0.05) is 103 Å². The van der Waals surface area contributed by atoms with Gasteiger partial charge in [-0.25, -0.2) is 25.0 Å². The molecule has 0 bridgehead atoms. The Morgan fingerprint density at radius 1 is 0.649 bits per heavy atom. The molecule has 0 aliphatic carbocycles. The fourth-order valence-electron chi connectivity index (χ4n) is 5.49. The molecule has 0 radical (unpaired) electrons. The molecular formula is C45H46N2O10. The summed E-state index contributed by atoms with van der Waals surface area (Å²) in [7, 11) is 4.15. The van der Waals surface area contributed by atoms with Gasteiger partial charge in [0, 0.05) is 11.1 Å². The number of amides is 1. The number of benzene rings is 4. The first kappa shape index (κ1) is 42.8. The minimum absolute atomic E-state index is 0.0725. The van der Waals surface area contributed by atoms with E-state index in [2.05, 4.69) is 0 Å². The van der Waals surface area contributed by atoms with Gasteiger partial charge in [0.05, 0.1) is 21.3 Å². The molecule has 12 heteroatoms. The monoisotopic (exact) mass is 774 g/mol. The number of hydrazine groups is 1. The second-order valence-corrected chi connectivity index (χ2v) is 12.8. The highest BCUT2D eigenvalue weighted by atomic mass is 16.6. The van der Waals surface area contributed by atoms with Gasteiger partial charge in [-0.3, -0.25) is 5.43 Å². The van der Waals surface area contributed by atoms with Gasteiger partial charge < -0.3 is 28.4 Å². The Labute approximate surface area is 332 Å². The number of nitrogens with two attached hydrogens (primary N) is 1. The van der Waals surface area contributed by atoms with E-state index >= 15 is 0 Å². The molecular weight excluding hydrogens is 728 g/mol. The third kappa shape index (κ3) is 12.3. The molecule has 0 atom stereocenters. The molecule has 0 saturated heterocycles. The highest BCUT2D eigenvalue weighted by Crippen LogP contribution is 2.38. The third-order valence-electron chi connectivity index (χ3n) is 8.40. The predicted octanol–water partition coefficient (Wildman–Crippen LogP) is 7.94. The lowest BCUT2D eigenvalue weighted by molar-refractivity contribution is -0.161. The second-order valence-electron chi connectivity index (χ2n) is 12.8. The molecule has 0 heterocycles. The Kier molecular flexibility index (Phi) is 16.0. The van der Waals surface area contributed by atoms with Crippen molar-refractivity contribution in [3.8, 4) is 23.0 Å². The summed E-state index contributed by atoms with van der Waals surface area (Å²) in [4.78, 5) is 51.9. The number of rotatable bonds is 15. The van der Waals surface area contributed by atoms with Crippen molar-refractivity contribution in [3.05, 3.63) is 141 Å². The molecule has 4 rings (SSSR count). The van der Waals surface area contributed by atoms with Crippen LogP contribution in [0.4, 0.5) is 4.79 Å². The highest BCUT2D eigenvalue weighted by molar-refractivity contribution is 6.30. The van der Waals surface area contributed by atoms with Gasteiger partial charge >= 0.3 is 24.0 Å². The Morgan fingerprint density at radius 2 is 1.21 bits per heavy atom. The van der Waals surface area contributed by atoms with Crippen LogP contribution in [0.25, 0.3) is 24.3 Å². The number of esters is 3. The fourth-order valence-corrected chi connectivity index (χ4v) is 5.49. The lowest BCUT2D eigenvalue weighted by Gasteiger charge is -2.18. The molecule has 4 aromatic carbocycles. The van der Waals surface area contributed by atoms with E-state index in [9.17, 15) is 19.2 Å². The summed E-state index contributed by atoms with van der Waals surface area (Å²) in [6.45, 7) is 5.19. The summed E-state index contributed by atoms with van der Waals surface area (Å²) in [5.74, 6) is 2.60. The van der Waals surface area contributed by atoms with Gasteiger partial charge in [0.1, 0.15) is 29.4 Å². The molecule has 0 aliphatic rings. The largest absolute Gasteiger partial charge is 0.496 e. The summed E-state index contributed by atoms with van der Waals surface area (Å²) in [6.07, 6.45) is 10.3. The Balaban J connectivity index is 1.59.